The molecule has 1 aliphatic carbocycles. The van der Waals surface area contributed by atoms with Crippen molar-refractivity contribution in [3.8, 4) is 5.75 Å². The van der Waals surface area contributed by atoms with Gasteiger partial charge in [-0.25, -0.2) is 4.79 Å². The van der Waals surface area contributed by atoms with Crippen LogP contribution in [-0.2, 0) is 4.74 Å². The van der Waals surface area contributed by atoms with E-state index in [4.69, 9.17) is 9.47 Å². The molecule has 1 amide bonds. The number of nitrogens with one attached hydrogen (secondary N) is 1. The molecule has 0 bridgehead atoms. The zero-order valence-corrected chi connectivity index (χ0v) is 18.2. The van der Waals surface area contributed by atoms with Gasteiger partial charge < -0.3 is 14.8 Å². The number of hydrogen-bond acceptors (Lipinski definition) is 3. The quantitative estimate of drug-likeness (QED) is 0.599. The monoisotopic (exact) mass is 385 g/mol. The lowest BCUT2D eigenvalue weighted by atomic mass is 9.72. The van der Waals surface area contributed by atoms with Gasteiger partial charge in [0.1, 0.15) is 18.0 Å². The Morgan fingerprint density at radius 3 is 2.68 bits per heavy atom. The highest BCUT2D eigenvalue weighted by atomic mass is 16.6. The van der Waals surface area contributed by atoms with Crippen LogP contribution < -0.4 is 10.1 Å². The third kappa shape index (κ3) is 7.06. The van der Waals surface area contributed by atoms with Crippen LogP contribution in [0.3, 0.4) is 0 Å². The van der Waals surface area contributed by atoms with Gasteiger partial charge in [0.2, 0.25) is 0 Å². The number of hydrogen-bond donors (Lipinski definition) is 1. The van der Waals surface area contributed by atoms with Gasteiger partial charge in [-0.05, 0) is 75.6 Å². The fourth-order valence-corrected chi connectivity index (χ4v) is 3.53. The largest absolute Gasteiger partial charge is 0.492 e. The summed E-state index contributed by atoms with van der Waals surface area (Å²) >= 11 is 0. The van der Waals surface area contributed by atoms with Crippen molar-refractivity contribution in [2.45, 2.75) is 66.4 Å². The summed E-state index contributed by atoms with van der Waals surface area (Å²) in [5.41, 5.74) is 3.80. The van der Waals surface area contributed by atoms with Crippen LogP contribution in [0.5, 0.6) is 5.75 Å². The lowest BCUT2D eigenvalue weighted by Crippen LogP contribution is -2.34. The second-order valence-corrected chi connectivity index (χ2v) is 9.11. The smallest absolute Gasteiger partial charge is 0.407 e. The number of alkyl carbamates (subject to hydrolysis) is 1. The Kier molecular flexibility index (Phi) is 7.34. The number of amides is 1. The van der Waals surface area contributed by atoms with Crippen molar-refractivity contribution >= 4 is 12.2 Å². The molecule has 0 saturated carbocycles. The van der Waals surface area contributed by atoms with Crippen LogP contribution >= 0.6 is 0 Å². The Balaban J connectivity index is 1.89. The molecule has 1 aromatic carbocycles. The first-order chi connectivity index (χ1) is 13.1. The van der Waals surface area contributed by atoms with Gasteiger partial charge in [-0.15, -0.1) is 0 Å². The highest BCUT2D eigenvalue weighted by Crippen LogP contribution is 2.41. The van der Waals surface area contributed by atoms with E-state index in [2.05, 4.69) is 44.3 Å². The van der Waals surface area contributed by atoms with Gasteiger partial charge in [-0.2, -0.15) is 0 Å². The van der Waals surface area contributed by atoms with E-state index in [0.717, 1.165) is 11.3 Å². The first-order valence-electron chi connectivity index (χ1n) is 10.1. The highest BCUT2D eigenvalue weighted by molar-refractivity contribution is 5.67. The average Bonchev–Trinajstić information content (AvgIpc) is 2.56. The van der Waals surface area contributed by atoms with Gasteiger partial charge in [-0.1, -0.05) is 43.7 Å². The number of ether oxygens (including phenoxy) is 2. The van der Waals surface area contributed by atoms with E-state index in [0.29, 0.717) is 13.2 Å². The molecule has 0 radical (unpaired) electrons. The van der Waals surface area contributed by atoms with Crippen molar-refractivity contribution in [1.82, 2.24) is 5.32 Å². The van der Waals surface area contributed by atoms with Crippen LogP contribution in [0.2, 0.25) is 0 Å². The van der Waals surface area contributed by atoms with Gasteiger partial charge >= 0.3 is 6.09 Å². The van der Waals surface area contributed by atoms with Crippen molar-refractivity contribution in [3.63, 3.8) is 0 Å². The standard InChI is InChI=1S/C24H35NO3/c1-18-9-8-14-24(5,6)21(18)13-12-19-10-7-11-20(17-19)27-16-15-25-22(26)28-23(2,3)4/h7,10-13,17H,8-9,14-16H2,1-6H3,(H,25,26). The fraction of sp³-hybridized carbons (Fsp3) is 0.542. The minimum absolute atomic E-state index is 0.236. The molecule has 0 atom stereocenters. The average molecular weight is 386 g/mol. The fourth-order valence-electron chi connectivity index (χ4n) is 3.53. The minimum Gasteiger partial charge on any atom is -0.492 e. The Bertz CT molecular complexity index is 738. The molecular formula is C24H35NO3. The van der Waals surface area contributed by atoms with Crippen LogP contribution in [0.4, 0.5) is 4.79 Å². The molecule has 1 aliphatic rings. The number of rotatable bonds is 6. The highest BCUT2D eigenvalue weighted by Gasteiger charge is 2.26. The molecule has 0 aliphatic heterocycles. The van der Waals surface area contributed by atoms with E-state index >= 15 is 0 Å². The summed E-state index contributed by atoms with van der Waals surface area (Å²) in [4.78, 5) is 11.6. The maximum absolute atomic E-state index is 11.6. The molecule has 2 rings (SSSR count). The van der Waals surface area contributed by atoms with E-state index in [9.17, 15) is 4.79 Å². The number of benzene rings is 1. The van der Waals surface area contributed by atoms with Gasteiger partial charge in [0, 0.05) is 0 Å². The first-order valence-corrected chi connectivity index (χ1v) is 10.1. The molecule has 0 fully saturated rings. The van der Waals surface area contributed by atoms with Crippen LogP contribution in [0.25, 0.3) is 6.08 Å². The molecule has 0 heterocycles. The molecule has 0 unspecified atom stereocenters. The predicted octanol–water partition coefficient (Wildman–Crippen LogP) is 6.13. The van der Waals surface area contributed by atoms with E-state index in [1.807, 2.05) is 39.0 Å². The second-order valence-electron chi connectivity index (χ2n) is 9.11. The van der Waals surface area contributed by atoms with Crippen molar-refractivity contribution < 1.29 is 14.3 Å². The van der Waals surface area contributed by atoms with Gasteiger partial charge in [0.05, 0.1) is 6.54 Å². The van der Waals surface area contributed by atoms with E-state index in [-0.39, 0.29) is 5.41 Å². The molecule has 4 heteroatoms. The molecule has 28 heavy (non-hydrogen) atoms. The molecule has 0 aromatic heterocycles. The maximum Gasteiger partial charge on any atom is 0.407 e. The molecular weight excluding hydrogens is 350 g/mol. The summed E-state index contributed by atoms with van der Waals surface area (Å²) in [5.74, 6) is 0.793. The number of carbonyl (C=O) groups is 1. The van der Waals surface area contributed by atoms with Crippen LogP contribution in [0.1, 0.15) is 66.4 Å². The van der Waals surface area contributed by atoms with Crippen molar-refractivity contribution in [2.75, 3.05) is 13.2 Å². The number of allylic oxidation sites excluding steroid dienone is 3. The molecule has 1 N–H and O–H groups in total. The lowest BCUT2D eigenvalue weighted by molar-refractivity contribution is 0.0520. The Morgan fingerprint density at radius 1 is 1.25 bits per heavy atom. The van der Waals surface area contributed by atoms with Crippen LogP contribution in [0.15, 0.2) is 41.5 Å². The maximum atomic E-state index is 11.6. The van der Waals surface area contributed by atoms with E-state index in [1.165, 1.54) is 30.4 Å². The Hall–Kier alpha value is -2.23. The zero-order chi connectivity index (χ0) is 20.8. The lowest BCUT2D eigenvalue weighted by Gasteiger charge is -2.32. The molecule has 154 valence electrons. The molecule has 0 saturated heterocycles. The predicted molar refractivity (Wildman–Crippen MR) is 116 cm³/mol. The molecule has 0 spiro atoms. The summed E-state index contributed by atoms with van der Waals surface area (Å²) in [6.45, 7) is 13.2. The van der Waals surface area contributed by atoms with Crippen molar-refractivity contribution in [1.29, 1.82) is 0 Å². The minimum atomic E-state index is -0.494. The third-order valence-corrected chi connectivity index (χ3v) is 4.88. The zero-order valence-electron chi connectivity index (χ0n) is 18.2. The van der Waals surface area contributed by atoms with Crippen LogP contribution in [0, 0.1) is 5.41 Å². The van der Waals surface area contributed by atoms with E-state index < -0.39 is 11.7 Å². The van der Waals surface area contributed by atoms with Crippen molar-refractivity contribution in [3.05, 3.63) is 47.1 Å². The third-order valence-electron chi connectivity index (χ3n) is 4.88. The van der Waals surface area contributed by atoms with Crippen LogP contribution in [-0.4, -0.2) is 24.8 Å². The summed E-state index contributed by atoms with van der Waals surface area (Å²) in [6.07, 6.45) is 7.70. The summed E-state index contributed by atoms with van der Waals surface area (Å²) < 4.78 is 11.0. The SMILES string of the molecule is CC1=C(C=Cc2cccc(OCCNC(=O)OC(C)(C)C)c2)C(C)(C)CCC1. The first kappa shape index (κ1) is 22.1. The van der Waals surface area contributed by atoms with Gasteiger partial charge in [-0.3, -0.25) is 0 Å². The topological polar surface area (TPSA) is 47.6 Å². The van der Waals surface area contributed by atoms with Crippen molar-refractivity contribution in [2.24, 2.45) is 5.41 Å². The molecule has 4 nitrogen and oxygen atoms in total. The Morgan fingerprint density at radius 2 is 2.00 bits per heavy atom. The summed E-state index contributed by atoms with van der Waals surface area (Å²) in [5, 5.41) is 2.70. The second kappa shape index (κ2) is 9.31. The Labute approximate surface area is 170 Å². The van der Waals surface area contributed by atoms with Gasteiger partial charge in [0.25, 0.3) is 0 Å². The molecule has 1 aromatic rings. The van der Waals surface area contributed by atoms with Gasteiger partial charge in [0.15, 0.2) is 0 Å². The van der Waals surface area contributed by atoms with E-state index in [1.54, 1.807) is 0 Å². The summed E-state index contributed by atoms with van der Waals surface area (Å²) in [7, 11) is 0. The summed E-state index contributed by atoms with van der Waals surface area (Å²) in [6, 6.07) is 8.02. The normalized spacial score (nSPS) is 16.9. The number of carbonyl (C=O) groups excluding carboxylic acids is 1.